The number of esters is 6. The molecule has 0 aromatic heterocycles. The second-order valence-corrected chi connectivity index (χ2v) is 36.7. The maximum atomic E-state index is 12.5. The molecular weight excluding hydrogens is 1550 g/mol. The largest absolute Gasteiger partial charge is 1.00 e. The van der Waals surface area contributed by atoms with E-state index >= 15 is 0 Å². The van der Waals surface area contributed by atoms with Gasteiger partial charge in [-0.2, -0.15) is 0 Å². The van der Waals surface area contributed by atoms with Crippen LogP contribution in [0.1, 0.15) is 203 Å². The molecule has 4 aliphatic heterocycles. The van der Waals surface area contributed by atoms with E-state index in [4.69, 9.17) is 28.4 Å². The van der Waals surface area contributed by atoms with Crippen LogP contribution in [0.15, 0.2) is 175 Å². The van der Waals surface area contributed by atoms with Crippen LogP contribution < -0.4 is 56.0 Å². The molecule has 10 atom stereocenters. The summed E-state index contributed by atoms with van der Waals surface area (Å²) < 4.78 is 96.0. The maximum absolute atomic E-state index is 12.5. The molecule has 10 unspecified atom stereocenters. The number of hydrogen-bond donors (Lipinski definition) is 0. The van der Waals surface area contributed by atoms with Gasteiger partial charge in [0.1, 0.15) is 67.7 Å². The Morgan fingerprint density at radius 3 is 0.964 bits per heavy atom. The predicted molar refractivity (Wildman–Crippen MR) is 414 cm³/mol. The molecule has 8 aliphatic rings. The molecule has 4 saturated heterocycles. The Labute approximate surface area is 690 Å². The van der Waals surface area contributed by atoms with Crippen molar-refractivity contribution in [3.8, 4) is 11.5 Å². The van der Waals surface area contributed by atoms with Gasteiger partial charge in [0, 0.05) is 48.9 Å². The minimum Gasteiger partial charge on any atom is -1.00 e. The fraction of sp³-hybridized carbons (Fsp3) is 0.512. The molecule has 8 fully saturated rings. The van der Waals surface area contributed by atoms with E-state index in [1.54, 1.807) is 0 Å². The first-order valence-electron chi connectivity index (χ1n) is 38.8. The average Bonchev–Trinajstić information content (AvgIpc) is 1.42. The predicted octanol–water partition coefficient (Wildman–Crippen LogP) is 11.3. The molecule has 24 heteroatoms. The standard InChI is InChI=1S/2C31H39O2S.2C12H16O7S.BrH.Na/c2*1-4-5-6-7-8-9-10-17-22-30(32)33-31-25(2)23-29(24-26(31)3)34(27-18-13-11-14-19-27)28-20-15-12-16-21-28;2*13-10(5-20(15,16)17)19-11-7-1-6-2-8(4-7)12(14)18-9(11)3-6;;/h2*11-16,18-21,23-24H,4-10,17,22H2,1-3H3;2*6-9,11H,1-5H2,(H,15,16,17);1H;/q2*+1;;;;+1/p-3. The third-order valence-electron chi connectivity index (χ3n) is 21.0. The molecule has 14 rings (SSSR count). The Hall–Kier alpha value is -5.86. The van der Waals surface area contributed by atoms with Gasteiger partial charge in [-0.25, -0.2) is 16.8 Å². The van der Waals surface area contributed by atoms with E-state index in [2.05, 4.69) is 159 Å². The van der Waals surface area contributed by atoms with Gasteiger partial charge in [-0.3, -0.25) is 28.8 Å². The van der Waals surface area contributed by atoms with E-state index in [0.29, 0.717) is 50.4 Å². The molecule has 18 nitrogen and oxygen atoms in total. The van der Waals surface area contributed by atoms with Crippen molar-refractivity contribution in [3.05, 3.63) is 168 Å². The number of rotatable bonds is 32. The van der Waals surface area contributed by atoms with Crippen LogP contribution in [-0.4, -0.2) is 97.7 Å². The van der Waals surface area contributed by atoms with Crippen LogP contribution in [0.25, 0.3) is 0 Å². The van der Waals surface area contributed by atoms with Crippen LogP contribution >= 0.6 is 0 Å². The van der Waals surface area contributed by atoms with E-state index in [9.17, 15) is 54.7 Å². The van der Waals surface area contributed by atoms with Gasteiger partial charge in [0.2, 0.25) is 0 Å². The summed E-state index contributed by atoms with van der Waals surface area (Å²) in [7, 11) is -9.72. The second-order valence-electron chi connectivity index (χ2n) is 29.8. The molecule has 4 heterocycles. The first-order valence-corrected chi connectivity index (χ1v) is 44.4. The van der Waals surface area contributed by atoms with Crippen LogP contribution in [-0.2, 0) is 89.7 Å². The number of unbranched alkanes of at least 4 members (excludes halogenated alkanes) is 14. The summed E-state index contributed by atoms with van der Waals surface area (Å²) in [5, 5.41) is 0. The number of carbonyl (C=O) groups is 6. The van der Waals surface area contributed by atoms with Crippen molar-refractivity contribution in [3.63, 3.8) is 0 Å². The summed E-state index contributed by atoms with van der Waals surface area (Å²) in [6.45, 7) is 12.7. The summed E-state index contributed by atoms with van der Waals surface area (Å²) in [6, 6.07) is 51.3. The second kappa shape index (κ2) is 45.3. The molecule has 8 bridgehead atoms. The minimum absolute atomic E-state index is 0. The molecule has 0 radical (unpaired) electrons. The van der Waals surface area contributed by atoms with Crippen molar-refractivity contribution >= 4 is 77.8 Å². The SMILES string of the molecule is CCCCCCCCCCC(=O)Oc1c(C)cc([S+](c2ccccc2)c2ccccc2)cc1C.CCCCCCCCCCC(=O)Oc1c(C)cc([S+](c2ccccc2)c2ccccc2)cc1C.O=C(CS(=O)(=O)[O-])OC1C2CC3CC(C2)C(=O)OC1C3.O=C(CS(=O)(=O)[O-])OC1C2CC3CC(C2)C(=O)OC1C3.[Br-].[Na+]. The van der Waals surface area contributed by atoms with E-state index in [-0.39, 0.29) is 116 Å². The minimum atomic E-state index is -4.65. The monoisotopic (exact) mass is 1660 g/mol. The quantitative estimate of drug-likeness (QED) is 0.00722. The Kier molecular flexibility index (Phi) is 37.6. The Morgan fingerprint density at radius 2 is 0.682 bits per heavy atom. The summed E-state index contributed by atoms with van der Waals surface area (Å²) in [5.74, 6) is -3.23. The Bertz CT molecular complexity index is 3780. The van der Waals surface area contributed by atoms with E-state index in [0.717, 1.165) is 85.1 Å². The number of aryl methyl sites for hydroxylation is 4. The zero-order valence-corrected chi connectivity index (χ0v) is 71.6. The topological polar surface area (TPSA) is 272 Å². The average molecular weight is 1660 g/mol. The molecule has 110 heavy (non-hydrogen) atoms. The first kappa shape index (κ1) is 91.3. The van der Waals surface area contributed by atoms with Crippen LogP contribution in [0.2, 0.25) is 0 Å². The third kappa shape index (κ3) is 28.3. The molecule has 6 aromatic rings. The Morgan fingerprint density at radius 1 is 0.400 bits per heavy atom. The van der Waals surface area contributed by atoms with Gasteiger partial charge in [0.25, 0.3) is 0 Å². The smallest absolute Gasteiger partial charge is 1.00 e. The molecule has 0 amide bonds. The van der Waals surface area contributed by atoms with Crippen molar-refractivity contribution in [2.24, 2.45) is 35.5 Å². The van der Waals surface area contributed by atoms with Gasteiger partial charge >= 0.3 is 65.4 Å². The van der Waals surface area contributed by atoms with Gasteiger partial charge in [-0.15, -0.1) is 0 Å². The zero-order valence-electron chi connectivity index (χ0n) is 64.8. The van der Waals surface area contributed by atoms with Crippen molar-refractivity contribution < 1.29 is 130 Å². The van der Waals surface area contributed by atoms with E-state index in [1.807, 2.05) is 27.7 Å². The Balaban J connectivity index is 0.000000208. The van der Waals surface area contributed by atoms with Crippen LogP contribution in [0.4, 0.5) is 0 Å². The normalized spacial score (nSPS) is 21.1. The van der Waals surface area contributed by atoms with E-state index in [1.165, 1.54) is 106 Å². The van der Waals surface area contributed by atoms with Crippen LogP contribution in [0.3, 0.4) is 0 Å². The first-order chi connectivity index (χ1) is 51.8. The summed E-state index contributed by atoms with van der Waals surface area (Å²) >= 11 is 0. The molecular formula is C86H108BrNaO18S4. The summed E-state index contributed by atoms with van der Waals surface area (Å²) in [5.41, 5.74) is 4.07. The fourth-order valence-electron chi connectivity index (χ4n) is 16.1. The molecule has 0 spiro atoms. The number of halogens is 1. The van der Waals surface area contributed by atoms with Gasteiger partial charge < -0.3 is 54.5 Å². The zero-order chi connectivity index (χ0) is 77.3. The van der Waals surface area contributed by atoms with Crippen molar-refractivity contribution in [1.82, 2.24) is 0 Å². The molecule has 0 N–H and O–H groups in total. The van der Waals surface area contributed by atoms with Gasteiger partial charge in [0.05, 0.1) is 33.6 Å². The van der Waals surface area contributed by atoms with Crippen molar-refractivity contribution in [1.29, 1.82) is 0 Å². The van der Waals surface area contributed by atoms with Crippen molar-refractivity contribution in [2.45, 2.75) is 262 Å². The number of hydrogen-bond acceptors (Lipinski definition) is 18. The fourth-order valence-corrected chi connectivity index (χ4v) is 21.3. The van der Waals surface area contributed by atoms with Gasteiger partial charge in [0.15, 0.2) is 29.4 Å². The van der Waals surface area contributed by atoms with E-state index < -0.39 is 68.1 Å². The van der Waals surface area contributed by atoms with Gasteiger partial charge in [-0.1, -0.05) is 177 Å². The summed E-state index contributed by atoms with van der Waals surface area (Å²) in [6.07, 6.45) is 24.1. The molecule has 4 saturated carbocycles. The molecule has 6 aromatic carbocycles. The van der Waals surface area contributed by atoms with Crippen molar-refractivity contribution in [2.75, 3.05) is 11.5 Å². The number of carbonyl (C=O) groups excluding carboxylic acids is 6. The van der Waals surface area contributed by atoms with Crippen LogP contribution in [0, 0.1) is 63.2 Å². The van der Waals surface area contributed by atoms with Crippen LogP contribution in [0.5, 0.6) is 11.5 Å². The number of ether oxygens (including phenoxy) is 6. The molecule has 592 valence electrons. The number of fused-ring (bicyclic) bond motifs is 2. The summed E-state index contributed by atoms with van der Waals surface area (Å²) in [4.78, 5) is 79.3. The molecule has 4 aliphatic carbocycles. The maximum Gasteiger partial charge on any atom is 1.00 e. The van der Waals surface area contributed by atoms with Gasteiger partial charge in [-0.05, 0) is 175 Å². The number of benzene rings is 6. The third-order valence-corrected chi connectivity index (χ3v) is 26.5.